The van der Waals surface area contributed by atoms with Gasteiger partial charge in [-0.2, -0.15) is 0 Å². The molecule has 0 atom stereocenters. The normalized spacial score (nSPS) is 15.5. The van der Waals surface area contributed by atoms with E-state index in [-0.39, 0.29) is 5.56 Å². The van der Waals surface area contributed by atoms with E-state index in [1.807, 2.05) is 28.2 Å². The number of fused-ring (bicyclic) bond motifs is 1. The second-order valence-electron chi connectivity index (χ2n) is 6.73. The van der Waals surface area contributed by atoms with Crippen molar-refractivity contribution in [1.29, 1.82) is 0 Å². The number of aryl methyl sites for hydroxylation is 1. The Balaban J connectivity index is 1.22. The maximum absolute atomic E-state index is 12.4. The van der Waals surface area contributed by atoms with E-state index >= 15 is 0 Å². The number of hydrogen-bond acceptors (Lipinski definition) is 6. The molecule has 1 aromatic carbocycles. The average molecular weight is 404 g/mol. The van der Waals surface area contributed by atoms with Crippen LogP contribution < -0.4 is 10.5 Å². The molecule has 27 heavy (non-hydrogen) atoms. The summed E-state index contributed by atoms with van der Waals surface area (Å²) in [5.41, 5.74) is 0.145. The van der Waals surface area contributed by atoms with Crippen molar-refractivity contribution in [1.82, 2.24) is 18.8 Å². The van der Waals surface area contributed by atoms with E-state index in [0.29, 0.717) is 5.15 Å². The summed E-state index contributed by atoms with van der Waals surface area (Å²) in [5.74, 6) is 0.853. The van der Waals surface area contributed by atoms with E-state index in [9.17, 15) is 4.79 Å². The SMILES string of the molecule is O=c1c2ccccc2sn1CCCCN1CCN(c2cncc(Cl)n2)CC1. The van der Waals surface area contributed by atoms with E-state index in [0.717, 1.165) is 68.0 Å². The van der Waals surface area contributed by atoms with E-state index in [1.165, 1.54) is 0 Å². The maximum Gasteiger partial charge on any atom is 0.268 e. The molecule has 0 radical (unpaired) electrons. The van der Waals surface area contributed by atoms with Gasteiger partial charge in [0, 0.05) is 32.7 Å². The van der Waals surface area contributed by atoms with Crippen LogP contribution in [-0.2, 0) is 6.54 Å². The second-order valence-corrected chi connectivity index (χ2v) is 8.18. The van der Waals surface area contributed by atoms with Crippen LogP contribution in [0.15, 0.2) is 41.5 Å². The van der Waals surface area contributed by atoms with Gasteiger partial charge in [0.1, 0.15) is 11.0 Å². The van der Waals surface area contributed by atoms with Gasteiger partial charge in [-0.1, -0.05) is 35.3 Å². The van der Waals surface area contributed by atoms with Crippen molar-refractivity contribution in [2.75, 3.05) is 37.6 Å². The molecule has 8 heteroatoms. The lowest BCUT2D eigenvalue weighted by atomic mass is 10.2. The van der Waals surface area contributed by atoms with E-state index in [2.05, 4.69) is 19.8 Å². The zero-order chi connectivity index (χ0) is 18.6. The highest BCUT2D eigenvalue weighted by Gasteiger charge is 2.18. The molecule has 2 aromatic heterocycles. The van der Waals surface area contributed by atoms with Crippen LogP contribution in [0.1, 0.15) is 12.8 Å². The monoisotopic (exact) mass is 403 g/mol. The molecular weight excluding hydrogens is 382 g/mol. The fourth-order valence-corrected chi connectivity index (χ4v) is 4.62. The van der Waals surface area contributed by atoms with Gasteiger partial charge in [-0.05, 0) is 31.5 Å². The summed E-state index contributed by atoms with van der Waals surface area (Å²) >= 11 is 7.50. The van der Waals surface area contributed by atoms with Gasteiger partial charge in [0.05, 0.1) is 22.5 Å². The Morgan fingerprint density at radius 3 is 2.59 bits per heavy atom. The Bertz CT molecular complexity index is 964. The van der Waals surface area contributed by atoms with Crippen molar-refractivity contribution in [2.45, 2.75) is 19.4 Å². The summed E-state index contributed by atoms with van der Waals surface area (Å²) in [7, 11) is 0. The van der Waals surface area contributed by atoms with Crippen LogP contribution in [0.5, 0.6) is 0 Å². The van der Waals surface area contributed by atoms with Crippen LogP contribution >= 0.6 is 23.1 Å². The second kappa shape index (κ2) is 8.37. The molecule has 142 valence electrons. The third-order valence-electron chi connectivity index (χ3n) is 4.93. The summed E-state index contributed by atoms with van der Waals surface area (Å²) in [4.78, 5) is 25.5. The van der Waals surface area contributed by atoms with Gasteiger partial charge in [0.15, 0.2) is 0 Å². The number of aromatic nitrogens is 3. The lowest BCUT2D eigenvalue weighted by Gasteiger charge is -2.35. The maximum atomic E-state index is 12.4. The molecule has 0 amide bonds. The quantitative estimate of drug-likeness (QED) is 0.592. The van der Waals surface area contributed by atoms with Gasteiger partial charge in [-0.3, -0.25) is 18.6 Å². The van der Waals surface area contributed by atoms with Crippen LogP contribution in [0.25, 0.3) is 10.1 Å². The Kier molecular flexibility index (Phi) is 5.71. The molecular formula is C19H22ClN5OS. The third-order valence-corrected chi connectivity index (χ3v) is 6.23. The summed E-state index contributed by atoms with van der Waals surface area (Å²) in [6.45, 7) is 5.76. The van der Waals surface area contributed by atoms with Gasteiger partial charge in [-0.15, -0.1) is 0 Å². The Labute approximate surface area is 167 Å². The minimum atomic E-state index is 0.145. The summed E-state index contributed by atoms with van der Waals surface area (Å²) in [6.07, 6.45) is 5.44. The van der Waals surface area contributed by atoms with Crippen LogP contribution in [0.2, 0.25) is 5.15 Å². The van der Waals surface area contributed by atoms with Crippen LogP contribution in [0.4, 0.5) is 5.82 Å². The van der Waals surface area contributed by atoms with Gasteiger partial charge in [-0.25, -0.2) is 4.98 Å². The predicted molar refractivity (Wildman–Crippen MR) is 111 cm³/mol. The zero-order valence-electron chi connectivity index (χ0n) is 15.1. The van der Waals surface area contributed by atoms with Crippen molar-refractivity contribution in [2.24, 2.45) is 0 Å². The lowest BCUT2D eigenvalue weighted by molar-refractivity contribution is 0.251. The summed E-state index contributed by atoms with van der Waals surface area (Å²) < 4.78 is 2.96. The van der Waals surface area contributed by atoms with Gasteiger partial charge in [0.2, 0.25) is 0 Å². The Morgan fingerprint density at radius 1 is 1.04 bits per heavy atom. The molecule has 0 spiro atoms. The van der Waals surface area contributed by atoms with Crippen molar-refractivity contribution < 1.29 is 0 Å². The molecule has 1 aliphatic heterocycles. The van der Waals surface area contributed by atoms with Gasteiger partial charge in [0.25, 0.3) is 5.56 Å². The van der Waals surface area contributed by atoms with Crippen molar-refractivity contribution >= 4 is 39.0 Å². The third kappa shape index (κ3) is 4.31. The van der Waals surface area contributed by atoms with Crippen molar-refractivity contribution in [3.63, 3.8) is 0 Å². The van der Waals surface area contributed by atoms with Crippen LogP contribution in [0, 0.1) is 0 Å². The first-order chi connectivity index (χ1) is 13.2. The average Bonchev–Trinajstić information content (AvgIpc) is 3.02. The summed E-state index contributed by atoms with van der Waals surface area (Å²) in [6, 6.07) is 7.84. The number of benzene rings is 1. The molecule has 0 saturated carbocycles. The molecule has 3 heterocycles. The Hall–Kier alpha value is -1.96. The molecule has 1 aliphatic rings. The minimum absolute atomic E-state index is 0.145. The van der Waals surface area contributed by atoms with E-state index in [1.54, 1.807) is 23.9 Å². The number of rotatable bonds is 6. The smallest absolute Gasteiger partial charge is 0.268 e. The molecule has 1 saturated heterocycles. The molecule has 4 rings (SSSR count). The molecule has 0 N–H and O–H groups in total. The number of piperazine rings is 1. The highest BCUT2D eigenvalue weighted by molar-refractivity contribution is 7.13. The number of halogens is 1. The lowest BCUT2D eigenvalue weighted by Crippen LogP contribution is -2.47. The molecule has 6 nitrogen and oxygen atoms in total. The van der Waals surface area contributed by atoms with E-state index in [4.69, 9.17) is 11.6 Å². The van der Waals surface area contributed by atoms with Crippen LogP contribution in [0.3, 0.4) is 0 Å². The van der Waals surface area contributed by atoms with Crippen molar-refractivity contribution in [3.8, 4) is 0 Å². The molecule has 0 bridgehead atoms. The topological polar surface area (TPSA) is 54.3 Å². The fourth-order valence-electron chi connectivity index (χ4n) is 3.44. The van der Waals surface area contributed by atoms with Gasteiger partial charge < -0.3 is 4.90 Å². The van der Waals surface area contributed by atoms with Gasteiger partial charge >= 0.3 is 0 Å². The van der Waals surface area contributed by atoms with E-state index < -0.39 is 0 Å². The number of nitrogens with zero attached hydrogens (tertiary/aromatic N) is 5. The first-order valence-corrected chi connectivity index (χ1v) is 10.4. The first-order valence-electron chi connectivity index (χ1n) is 9.24. The first kappa shape index (κ1) is 18.4. The highest BCUT2D eigenvalue weighted by Crippen LogP contribution is 2.17. The minimum Gasteiger partial charge on any atom is -0.353 e. The summed E-state index contributed by atoms with van der Waals surface area (Å²) in [5, 5.41) is 1.27. The standard InChI is InChI=1S/C19H22ClN5OS/c20-17-13-21-14-18(22-17)24-11-9-23(10-12-24)7-3-4-8-25-19(26)15-5-1-2-6-16(15)27-25/h1-2,5-6,13-14H,3-4,7-12H2. The Morgan fingerprint density at radius 2 is 1.81 bits per heavy atom. The predicted octanol–water partition coefficient (Wildman–Crippen LogP) is 3.11. The molecule has 1 fully saturated rings. The molecule has 0 unspecified atom stereocenters. The largest absolute Gasteiger partial charge is 0.353 e. The van der Waals surface area contributed by atoms with Crippen molar-refractivity contribution in [3.05, 3.63) is 52.2 Å². The van der Waals surface area contributed by atoms with Crippen LogP contribution in [-0.4, -0.2) is 51.5 Å². The highest BCUT2D eigenvalue weighted by atomic mass is 35.5. The molecule has 0 aliphatic carbocycles. The number of unbranched alkanes of at least 4 members (excludes halogenated alkanes) is 1. The zero-order valence-corrected chi connectivity index (χ0v) is 16.6. The number of hydrogen-bond donors (Lipinski definition) is 0. The fraction of sp³-hybridized carbons (Fsp3) is 0.421. The number of anilines is 1. The molecule has 3 aromatic rings.